The number of hydrogen-bond acceptors (Lipinski definition) is 4. The second kappa shape index (κ2) is 8.03. The predicted molar refractivity (Wildman–Crippen MR) is 72.5 cm³/mol. The first kappa shape index (κ1) is 14.9. The van der Waals surface area contributed by atoms with Crippen molar-refractivity contribution in [1.29, 1.82) is 0 Å². The Morgan fingerprint density at radius 3 is 2.82 bits per heavy atom. The van der Waals surface area contributed by atoms with Gasteiger partial charge in [-0.1, -0.05) is 0 Å². The summed E-state index contributed by atoms with van der Waals surface area (Å²) in [5.74, 6) is 0. The molecule has 4 heteroatoms. The molecule has 0 bridgehead atoms. The van der Waals surface area contributed by atoms with Crippen LogP contribution in [-0.2, 0) is 4.74 Å². The van der Waals surface area contributed by atoms with E-state index in [1.165, 1.54) is 6.42 Å². The van der Waals surface area contributed by atoms with Crippen molar-refractivity contribution in [2.45, 2.75) is 32.4 Å². The van der Waals surface area contributed by atoms with Crippen molar-refractivity contribution in [2.24, 2.45) is 0 Å². The average molecular weight is 243 g/mol. The van der Waals surface area contributed by atoms with Crippen molar-refractivity contribution in [1.82, 2.24) is 15.1 Å². The molecule has 0 aromatic rings. The van der Waals surface area contributed by atoms with Gasteiger partial charge in [0.25, 0.3) is 0 Å². The summed E-state index contributed by atoms with van der Waals surface area (Å²) in [5, 5.41) is 3.49. The van der Waals surface area contributed by atoms with E-state index >= 15 is 0 Å². The van der Waals surface area contributed by atoms with Crippen LogP contribution in [0.2, 0.25) is 0 Å². The second-order valence-corrected chi connectivity index (χ2v) is 5.44. The fourth-order valence-corrected chi connectivity index (χ4v) is 2.12. The SMILES string of the molecule is CC(C)N1CCOC(CNCCCN(C)C)C1. The molecule has 0 aliphatic carbocycles. The molecule has 0 amide bonds. The Kier molecular flexibility index (Phi) is 7.04. The third-order valence-corrected chi connectivity index (χ3v) is 3.23. The van der Waals surface area contributed by atoms with Gasteiger partial charge in [0.05, 0.1) is 12.7 Å². The molecule has 4 nitrogen and oxygen atoms in total. The van der Waals surface area contributed by atoms with Crippen LogP contribution in [0.3, 0.4) is 0 Å². The fraction of sp³-hybridized carbons (Fsp3) is 1.00. The number of rotatable bonds is 7. The second-order valence-electron chi connectivity index (χ2n) is 5.44. The zero-order valence-corrected chi connectivity index (χ0v) is 11.9. The van der Waals surface area contributed by atoms with E-state index in [-0.39, 0.29) is 0 Å². The standard InChI is InChI=1S/C13H29N3O/c1-12(2)16-8-9-17-13(11-16)10-14-6-5-7-15(3)4/h12-14H,5-11H2,1-4H3. The first-order valence-electron chi connectivity index (χ1n) is 6.80. The van der Waals surface area contributed by atoms with Gasteiger partial charge in [0.15, 0.2) is 0 Å². The van der Waals surface area contributed by atoms with E-state index in [1.807, 2.05) is 0 Å². The lowest BCUT2D eigenvalue weighted by Gasteiger charge is -2.35. The van der Waals surface area contributed by atoms with Gasteiger partial charge < -0.3 is 15.0 Å². The highest BCUT2D eigenvalue weighted by atomic mass is 16.5. The van der Waals surface area contributed by atoms with Crippen LogP contribution < -0.4 is 5.32 Å². The molecule has 1 heterocycles. The molecule has 0 spiro atoms. The van der Waals surface area contributed by atoms with Crippen LogP contribution in [0.5, 0.6) is 0 Å². The van der Waals surface area contributed by atoms with Crippen LogP contribution in [0.1, 0.15) is 20.3 Å². The topological polar surface area (TPSA) is 27.7 Å². The summed E-state index contributed by atoms with van der Waals surface area (Å²) < 4.78 is 5.77. The highest BCUT2D eigenvalue weighted by molar-refractivity contribution is 4.75. The summed E-state index contributed by atoms with van der Waals surface area (Å²) in [6.45, 7) is 10.8. The van der Waals surface area contributed by atoms with Gasteiger partial charge in [0.2, 0.25) is 0 Å². The fourth-order valence-electron chi connectivity index (χ4n) is 2.12. The Labute approximate surface area is 106 Å². The van der Waals surface area contributed by atoms with Gasteiger partial charge in [0, 0.05) is 25.7 Å². The third-order valence-electron chi connectivity index (χ3n) is 3.23. The number of ether oxygens (including phenoxy) is 1. The molecule has 0 saturated carbocycles. The molecule has 1 aliphatic rings. The van der Waals surface area contributed by atoms with E-state index in [0.717, 1.165) is 39.3 Å². The maximum Gasteiger partial charge on any atom is 0.0826 e. The zero-order valence-electron chi connectivity index (χ0n) is 11.9. The van der Waals surface area contributed by atoms with Gasteiger partial charge in [-0.2, -0.15) is 0 Å². The molecule has 1 saturated heterocycles. The van der Waals surface area contributed by atoms with E-state index in [2.05, 4.69) is 43.1 Å². The first-order chi connectivity index (χ1) is 8.09. The predicted octanol–water partition coefficient (Wildman–Crippen LogP) is 0.637. The zero-order chi connectivity index (χ0) is 12.7. The van der Waals surface area contributed by atoms with Gasteiger partial charge in [-0.25, -0.2) is 0 Å². The minimum atomic E-state index is 0.366. The van der Waals surface area contributed by atoms with Crippen LogP contribution in [-0.4, -0.2) is 75.4 Å². The lowest BCUT2D eigenvalue weighted by atomic mass is 10.2. The van der Waals surface area contributed by atoms with Gasteiger partial charge in [-0.05, 0) is 47.5 Å². The number of hydrogen-bond donors (Lipinski definition) is 1. The normalized spacial score (nSPS) is 22.6. The summed E-state index contributed by atoms with van der Waals surface area (Å²) in [6.07, 6.45) is 1.57. The highest BCUT2D eigenvalue weighted by Crippen LogP contribution is 2.07. The van der Waals surface area contributed by atoms with Crippen LogP contribution in [0.25, 0.3) is 0 Å². The van der Waals surface area contributed by atoms with Crippen molar-refractivity contribution < 1.29 is 4.74 Å². The van der Waals surface area contributed by atoms with Crippen molar-refractivity contribution >= 4 is 0 Å². The van der Waals surface area contributed by atoms with Crippen LogP contribution in [0.4, 0.5) is 0 Å². The van der Waals surface area contributed by atoms with Gasteiger partial charge in [-0.3, -0.25) is 4.90 Å². The molecule has 17 heavy (non-hydrogen) atoms. The summed E-state index contributed by atoms with van der Waals surface area (Å²) >= 11 is 0. The van der Waals surface area contributed by atoms with Crippen molar-refractivity contribution in [3.05, 3.63) is 0 Å². The minimum Gasteiger partial charge on any atom is -0.374 e. The molecule has 1 N–H and O–H groups in total. The van der Waals surface area contributed by atoms with Crippen LogP contribution >= 0.6 is 0 Å². The Bertz CT molecular complexity index is 197. The van der Waals surface area contributed by atoms with Gasteiger partial charge in [0.1, 0.15) is 0 Å². The highest BCUT2D eigenvalue weighted by Gasteiger charge is 2.21. The Morgan fingerprint density at radius 2 is 2.18 bits per heavy atom. The van der Waals surface area contributed by atoms with Crippen molar-refractivity contribution in [3.63, 3.8) is 0 Å². The van der Waals surface area contributed by atoms with E-state index in [1.54, 1.807) is 0 Å². The van der Waals surface area contributed by atoms with E-state index in [0.29, 0.717) is 12.1 Å². The number of morpholine rings is 1. The molecule has 0 aromatic carbocycles. The van der Waals surface area contributed by atoms with E-state index in [4.69, 9.17) is 4.74 Å². The largest absolute Gasteiger partial charge is 0.374 e. The summed E-state index contributed by atoms with van der Waals surface area (Å²) in [5.41, 5.74) is 0. The van der Waals surface area contributed by atoms with Crippen molar-refractivity contribution in [2.75, 3.05) is 53.4 Å². The molecule has 0 aromatic heterocycles. The Morgan fingerprint density at radius 1 is 1.41 bits per heavy atom. The minimum absolute atomic E-state index is 0.366. The molecule has 1 unspecified atom stereocenters. The van der Waals surface area contributed by atoms with Crippen LogP contribution in [0, 0.1) is 0 Å². The van der Waals surface area contributed by atoms with E-state index in [9.17, 15) is 0 Å². The molecular weight excluding hydrogens is 214 g/mol. The summed E-state index contributed by atoms with van der Waals surface area (Å²) in [4.78, 5) is 4.72. The Balaban J connectivity index is 2.06. The lowest BCUT2D eigenvalue weighted by Crippen LogP contribution is -2.49. The molecule has 1 atom stereocenters. The smallest absolute Gasteiger partial charge is 0.0826 e. The lowest BCUT2D eigenvalue weighted by molar-refractivity contribution is -0.0370. The summed E-state index contributed by atoms with van der Waals surface area (Å²) in [7, 11) is 4.23. The number of nitrogens with one attached hydrogen (secondary N) is 1. The molecule has 102 valence electrons. The quantitative estimate of drug-likeness (QED) is 0.664. The third kappa shape index (κ3) is 6.36. The van der Waals surface area contributed by atoms with E-state index < -0.39 is 0 Å². The number of nitrogens with zero attached hydrogens (tertiary/aromatic N) is 2. The van der Waals surface area contributed by atoms with Gasteiger partial charge in [-0.15, -0.1) is 0 Å². The maximum atomic E-state index is 5.77. The molecule has 1 fully saturated rings. The molecule has 0 radical (unpaired) electrons. The first-order valence-corrected chi connectivity index (χ1v) is 6.80. The monoisotopic (exact) mass is 243 g/mol. The average Bonchev–Trinajstić information content (AvgIpc) is 2.28. The van der Waals surface area contributed by atoms with Gasteiger partial charge >= 0.3 is 0 Å². The Hall–Kier alpha value is -0.160. The van der Waals surface area contributed by atoms with Crippen molar-refractivity contribution in [3.8, 4) is 0 Å². The summed E-state index contributed by atoms with van der Waals surface area (Å²) in [6, 6.07) is 0.634. The van der Waals surface area contributed by atoms with Crippen LogP contribution in [0.15, 0.2) is 0 Å². The molecule has 1 rings (SSSR count). The maximum absolute atomic E-state index is 5.77. The molecule has 1 aliphatic heterocycles. The molecular formula is C13H29N3O.